The van der Waals surface area contributed by atoms with Gasteiger partial charge >= 0.3 is 0 Å². The molecule has 7 aromatic carbocycles. The Kier molecular flexibility index (Phi) is 6.15. The molecule has 1 aliphatic carbocycles. The second-order valence-corrected chi connectivity index (χ2v) is 16.0. The lowest BCUT2D eigenvalue weighted by Gasteiger charge is -2.28. The number of hydrogen-bond acceptors (Lipinski definition) is 5. The van der Waals surface area contributed by atoms with Crippen LogP contribution < -0.4 is 5.32 Å². The van der Waals surface area contributed by atoms with E-state index in [2.05, 4.69) is 163 Å². The third-order valence-electron chi connectivity index (χ3n) is 10.9. The van der Waals surface area contributed by atoms with Gasteiger partial charge in [-0.1, -0.05) is 121 Å². The van der Waals surface area contributed by atoms with Crippen LogP contribution in [0.1, 0.15) is 11.1 Å². The zero-order chi connectivity index (χ0) is 34.6. The average molecular weight is 713 g/mol. The smallest absolute Gasteiger partial charge is 0.144 e. The van der Waals surface area contributed by atoms with Crippen LogP contribution in [0.5, 0.6) is 0 Å². The topological polar surface area (TPSA) is 37.5 Å². The fraction of sp³-hybridized carbons (Fsp3) is 0.0208. The van der Waals surface area contributed by atoms with Crippen LogP contribution in [-0.2, 0) is 0 Å². The highest BCUT2D eigenvalue weighted by Gasteiger charge is 2.28. The van der Waals surface area contributed by atoms with Gasteiger partial charge in [0, 0.05) is 78.9 Å². The van der Waals surface area contributed by atoms with E-state index in [9.17, 15) is 0 Å². The van der Waals surface area contributed by atoms with Crippen molar-refractivity contribution in [2.45, 2.75) is 6.04 Å². The predicted molar refractivity (Wildman–Crippen MR) is 228 cm³/mol. The number of nitrogens with one attached hydrogen (secondary N) is 1. The lowest BCUT2D eigenvalue weighted by Crippen LogP contribution is -2.39. The highest BCUT2D eigenvalue weighted by molar-refractivity contribution is 7.27. The van der Waals surface area contributed by atoms with E-state index in [0.29, 0.717) is 0 Å². The Hall–Kier alpha value is -6.27. The van der Waals surface area contributed by atoms with Crippen LogP contribution >= 0.6 is 22.7 Å². The Bertz CT molecular complexity index is 3320. The van der Waals surface area contributed by atoms with Gasteiger partial charge in [-0.25, -0.2) is 4.99 Å². The first kappa shape index (κ1) is 29.3. The number of hydrogen-bond donors (Lipinski definition) is 1. The van der Waals surface area contributed by atoms with Crippen molar-refractivity contribution in [1.29, 1.82) is 0 Å². The van der Waals surface area contributed by atoms with Crippen molar-refractivity contribution in [3.8, 4) is 11.1 Å². The van der Waals surface area contributed by atoms with Gasteiger partial charge in [0.1, 0.15) is 17.0 Å². The van der Waals surface area contributed by atoms with Crippen molar-refractivity contribution >= 4 is 107 Å². The molecule has 3 aromatic heterocycles. The first-order valence-corrected chi connectivity index (χ1v) is 19.5. The number of rotatable bonds is 3. The highest BCUT2D eigenvalue weighted by atomic mass is 32.1. The van der Waals surface area contributed by atoms with E-state index in [4.69, 9.17) is 9.41 Å². The number of allylic oxidation sites excluding steroid dienone is 2. The van der Waals surface area contributed by atoms with Crippen LogP contribution in [0.3, 0.4) is 0 Å². The summed E-state index contributed by atoms with van der Waals surface area (Å²) in [5.74, 6) is 0.894. The summed E-state index contributed by atoms with van der Waals surface area (Å²) >= 11 is 3.74. The van der Waals surface area contributed by atoms with Gasteiger partial charge in [-0.2, -0.15) is 0 Å². The number of amidine groups is 1. The third kappa shape index (κ3) is 4.29. The molecule has 3 nitrogen and oxygen atoms in total. The van der Waals surface area contributed by atoms with E-state index in [1.807, 2.05) is 22.7 Å². The number of thiophene rings is 2. The van der Waals surface area contributed by atoms with Crippen LogP contribution in [-0.4, -0.2) is 11.9 Å². The van der Waals surface area contributed by atoms with Gasteiger partial charge in [-0.3, -0.25) is 0 Å². The summed E-state index contributed by atoms with van der Waals surface area (Å²) in [5, 5.41) is 13.5. The van der Waals surface area contributed by atoms with Gasteiger partial charge in [0.25, 0.3) is 0 Å². The molecule has 4 heterocycles. The SMILES string of the molecule is C1=CC2=C(c3ccccc3)N=C(c3ccc(-c4cc5c6ccccc6oc5c5c4sc4ccccc45)c4sc5cc6ccccc6cc5c34)NC2C=C1. The second kappa shape index (κ2) is 11.1. The largest absolute Gasteiger partial charge is 0.455 e. The molecule has 5 heteroatoms. The van der Waals surface area contributed by atoms with E-state index in [1.165, 1.54) is 67.8 Å². The third-order valence-corrected chi connectivity index (χ3v) is 13.3. The maximum absolute atomic E-state index is 6.66. The lowest BCUT2D eigenvalue weighted by atomic mass is 9.92. The Balaban J connectivity index is 1.20. The molecule has 0 radical (unpaired) electrons. The number of nitrogens with zero attached hydrogens (tertiary/aromatic N) is 1. The molecule has 53 heavy (non-hydrogen) atoms. The monoisotopic (exact) mass is 712 g/mol. The Morgan fingerprint density at radius 2 is 1.30 bits per heavy atom. The molecular formula is C48H28N2OS2. The maximum Gasteiger partial charge on any atom is 0.144 e. The van der Waals surface area contributed by atoms with E-state index in [1.54, 1.807) is 0 Å². The van der Waals surface area contributed by atoms with E-state index < -0.39 is 0 Å². The molecule has 248 valence electrons. The van der Waals surface area contributed by atoms with Gasteiger partial charge in [0.05, 0.1) is 11.7 Å². The average Bonchev–Trinajstić information content (AvgIpc) is 3.91. The molecule has 0 fully saturated rings. The molecule has 1 N–H and O–H groups in total. The minimum absolute atomic E-state index is 0.0260. The molecular weight excluding hydrogens is 685 g/mol. The highest BCUT2D eigenvalue weighted by Crippen LogP contribution is 2.50. The van der Waals surface area contributed by atoms with Gasteiger partial charge in [-0.15, -0.1) is 22.7 Å². The fourth-order valence-corrected chi connectivity index (χ4v) is 11.0. The van der Waals surface area contributed by atoms with Gasteiger partial charge in [0.15, 0.2) is 0 Å². The quantitative estimate of drug-likeness (QED) is 0.198. The first-order valence-electron chi connectivity index (χ1n) is 17.9. The van der Waals surface area contributed by atoms with Crippen molar-refractivity contribution in [2.75, 3.05) is 0 Å². The zero-order valence-electron chi connectivity index (χ0n) is 28.3. The predicted octanol–water partition coefficient (Wildman–Crippen LogP) is 13.4. The standard InChI is InChI=1S/C48H28N2OS2/c1-2-12-27(13-3-1)44-32-17-6-9-19-38(32)49-48(50-44)34-23-22-31(46-42(34)37-24-28-14-4-5-15-29(28)25-41(37)53-46)36-26-35-30-16-7-10-20-39(30)51-45(35)43-33-18-8-11-21-40(33)52-47(36)43/h1-26,38H,(H,49,50). The summed E-state index contributed by atoms with van der Waals surface area (Å²) in [6, 6.07) is 48.2. The molecule has 10 aromatic rings. The van der Waals surface area contributed by atoms with Crippen LogP contribution in [0.2, 0.25) is 0 Å². The van der Waals surface area contributed by atoms with Gasteiger partial charge < -0.3 is 9.73 Å². The van der Waals surface area contributed by atoms with E-state index >= 15 is 0 Å². The minimum Gasteiger partial charge on any atom is -0.455 e. The van der Waals surface area contributed by atoms with Crippen molar-refractivity contribution < 1.29 is 4.42 Å². The second-order valence-electron chi connectivity index (χ2n) is 13.9. The Morgan fingerprint density at radius 3 is 2.21 bits per heavy atom. The summed E-state index contributed by atoms with van der Waals surface area (Å²) in [5.41, 5.74) is 8.77. The summed E-state index contributed by atoms with van der Waals surface area (Å²) in [6.07, 6.45) is 8.66. The number of benzene rings is 7. The molecule has 0 saturated heterocycles. The molecule has 1 atom stereocenters. The van der Waals surface area contributed by atoms with Crippen LogP contribution in [0.4, 0.5) is 0 Å². The molecule has 0 spiro atoms. The molecule has 0 amide bonds. The minimum atomic E-state index is 0.0260. The molecule has 1 unspecified atom stereocenters. The lowest BCUT2D eigenvalue weighted by molar-refractivity contribution is 0.673. The summed E-state index contributed by atoms with van der Waals surface area (Å²) in [4.78, 5) is 5.45. The maximum atomic E-state index is 6.66. The summed E-state index contributed by atoms with van der Waals surface area (Å²) in [7, 11) is 0. The Labute approximate surface area is 312 Å². The normalized spacial score (nSPS) is 15.8. The fourth-order valence-electron chi connectivity index (χ4n) is 8.45. The van der Waals surface area contributed by atoms with Crippen molar-refractivity contribution in [3.63, 3.8) is 0 Å². The van der Waals surface area contributed by atoms with Gasteiger partial charge in [0.2, 0.25) is 0 Å². The molecule has 0 saturated carbocycles. The van der Waals surface area contributed by atoms with Gasteiger partial charge in [-0.05, 0) is 47.2 Å². The van der Waals surface area contributed by atoms with Crippen LogP contribution in [0, 0.1) is 0 Å². The number of furan rings is 1. The van der Waals surface area contributed by atoms with Crippen molar-refractivity contribution in [3.05, 3.63) is 174 Å². The zero-order valence-corrected chi connectivity index (χ0v) is 29.9. The summed E-state index contributed by atoms with van der Waals surface area (Å²) in [6.45, 7) is 0. The van der Waals surface area contributed by atoms with Crippen molar-refractivity contribution in [1.82, 2.24) is 5.32 Å². The molecule has 1 aliphatic heterocycles. The van der Waals surface area contributed by atoms with Crippen LogP contribution in [0.15, 0.2) is 173 Å². The summed E-state index contributed by atoms with van der Waals surface area (Å²) < 4.78 is 11.7. The number of fused-ring (bicyclic) bond motifs is 12. The number of aliphatic imine (C=N–C) groups is 1. The Morgan fingerprint density at radius 1 is 0.566 bits per heavy atom. The number of para-hydroxylation sites is 1. The molecule has 0 bridgehead atoms. The van der Waals surface area contributed by atoms with Crippen LogP contribution in [0.25, 0.3) is 89.9 Å². The first-order chi connectivity index (χ1) is 26.3. The van der Waals surface area contributed by atoms with E-state index in [-0.39, 0.29) is 6.04 Å². The van der Waals surface area contributed by atoms with Crippen molar-refractivity contribution in [2.24, 2.45) is 4.99 Å². The molecule has 2 aliphatic rings. The molecule has 12 rings (SSSR count). The van der Waals surface area contributed by atoms with E-state index in [0.717, 1.165) is 44.6 Å².